The molecule has 3 nitrogen and oxygen atoms in total. The van der Waals surface area contributed by atoms with Crippen molar-refractivity contribution in [2.24, 2.45) is 5.92 Å². The monoisotopic (exact) mass is 242 g/mol. The zero-order valence-electron chi connectivity index (χ0n) is 10.6. The smallest absolute Gasteiger partial charge is 0.224 e. The van der Waals surface area contributed by atoms with E-state index < -0.39 is 0 Å². The van der Waals surface area contributed by atoms with Crippen molar-refractivity contribution in [3.63, 3.8) is 0 Å². The first kappa shape index (κ1) is 11.3. The lowest BCUT2D eigenvalue weighted by molar-refractivity contribution is -0.121. The third kappa shape index (κ3) is 2.26. The lowest BCUT2D eigenvalue weighted by Crippen LogP contribution is -2.35. The van der Waals surface area contributed by atoms with Crippen molar-refractivity contribution >= 4 is 16.8 Å². The van der Waals surface area contributed by atoms with Crippen molar-refractivity contribution in [2.45, 2.75) is 32.2 Å². The molecule has 0 bridgehead atoms. The average Bonchev–Trinajstić information content (AvgIpc) is 3.14. The topological polar surface area (TPSA) is 44.9 Å². The minimum absolute atomic E-state index is 0.124. The molecule has 1 amide bonds. The number of H-pyrrole nitrogens is 1. The molecule has 1 aromatic heterocycles. The predicted octanol–water partition coefficient (Wildman–Crippen LogP) is 2.63. The lowest BCUT2D eigenvalue weighted by atomic mass is 10.1. The summed E-state index contributed by atoms with van der Waals surface area (Å²) in [5.41, 5.74) is 2.17. The molecular formula is C15H18N2O. The molecule has 2 aromatic rings. The number of aromatic nitrogens is 1. The normalized spacial score (nSPS) is 16.7. The number of nitrogens with one attached hydrogen (secondary N) is 2. The molecule has 0 aliphatic heterocycles. The van der Waals surface area contributed by atoms with Crippen LogP contribution in [0.15, 0.2) is 30.5 Å². The van der Waals surface area contributed by atoms with Crippen molar-refractivity contribution in [2.75, 3.05) is 0 Å². The van der Waals surface area contributed by atoms with Gasteiger partial charge in [0.05, 0.1) is 6.42 Å². The van der Waals surface area contributed by atoms with E-state index in [1.54, 1.807) is 0 Å². The largest absolute Gasteiger partial charge is 0.361 e. The average molecular weight is 242 g/mol. The van der Waals surface area contributed by atoms with Gasteiger partial charge in [0.25, 0.3) is 0 Å². The predicted molar refractivity (Wildman–Crippen MR) is 72.3 cm³/mol. The van der Waals surface area contributed by atoms with E-state index in [0.29, 0.717) is 18.4 Å². The maximum absolute atomic E-state index is 12.0. The molecule has 1 aliphatic rings. The van der Waals surface area contributed by atoms with Crippen LogP contribution < -0.4 is 5.32 Å². The summed E-state index contributed by atoms with van der Waals surface area (Å²) >= 11 is 0. The van der Waals surface area contributed by atoms with Crippen LogP contribution in [0, 0.1) is 5.92 Å². The molecule has 1 saturated carbocycles. The van der Waals surface area contributed by atoms with E-state index in [9.17, 15) is 4.79 Å². The van der Waals surface area contributed by atoms with Crippen LogP contribution in [0.3, 0.4) is 0 Å². The Labute approximate surface area is 107 Å². The quantitative estimate of drug-likeness (QED) is 0.850. The van der Waals surface area contributed by atoms with Crippen LogP contribution >= 0.6 is 0 Å². The van der Waals surface area contributed by atoms with Gasteiger partial charge in [-0.2, -0.15) is 0 Å². The maximum Gasteiger partial charge on any atom is 0.224 e. The van der Waals surface area contributed by atoms with Crippen molar-refractivity contribution in [3.05, 3.63) is 36.0 Å². The third-order valence-corrected chi connectivity index (χ3v) is 3.74. The zero-order valence-corrected chi connectivity index (χ0v) is 10.6. The molecule has 0 radical (unpaired) electrons. The van der Waals surface area contributed by atoms with Crippen LogP contribution in [-0.4, -0.2) is 16.9 Å². The number of para-hydroxylation sites is 1. The molecule has 0 saturated heterocycles. The lowest BCUT2D eigenvalue weighted by Gasteiger charge is -2.12. The van der Waals surface area contributed by atoms with Gasteiger partial charge in [-0.15, -0.1) is 0 Å². The minimum atomic E-state index is 0.124. The Kier molecular flexibility index (Phi) is 2.82. The van der Waals surface area contributed by atoms with Crippen molar-refractivity contribution < 1.29 is 4.79 Å². The standard InChI is InChI=1S/C15H18N2O/c1-10(11-6-7-11)17-15(18)8-12-9-16-14-5-3-2-4-13(12)14/h2-5,9-11,16H,6-8H2,1H3,(H,17,18)/t10-/m1/s1. The summed E-state index contributed by atoms with van der Waals surface area (Å²) in [6.07, 6.45) is 4.91. The zero-order chi connectivity index (χ0) is 12.5. The van der Waals surface area contributed by atoms with Gasteiger partial charge in [-0.25, -0.2) is 0 Å². The molecule has 1 aliphatic carbocycles. The number of rotatable bonds is 4. The molecule has 3 rings (SSSR count). The van der Waals surface area contributed by atoms with Gasteiger partial charge in [0.1, 0.15) is 0 Å². The Bertz CT molecular complexity index is 569. The van der Waals surface area contributed by atoms with E-state index in [0.717, 1.165) is 16.5 Å². The van der Waals surface area contributed by atoms with E-state index in [-0.39, 0.29) is 5.91 Å². The minimum Gasteiger partial charge on any atom is -0.361 e. The summed E-state index contributed by atoms with van der Waals surface area (Å²) in [7, 11) is 0. The summed E-state index contributed by atoms with van der Waals surface area (Å²) < 4.78 is 0. The van der Waals surface area contributed by atoms with E-state index in [1.807, 2.05) is 24.4 Å². The molecule has 1 aromatic carbocycles. The number of hydrogen-bond acceptors (Lipinski definition) is 1. The summed E-state index contributed by atoms with van der Waals surface area (Å²) in [4.78, 5) is 15.2. The number of benzene rings is 1. The highest BCUT2D eigenvalue weighted by Gasteiger charge is 2.28. The van der Waals surface area contributed by atoms with E-state index >= 15 is 0 Å². The molecule has 3 heteroatoms. The van der Waals surface area contributed by atoms with Gasteiger partial charge in [-0.3, -0.25) is 4.79 Å². The fourth-order valence-electron chi connectivity index (χ4n) is 2.47. The number of hydrogen-bond donors (Lipinski definition) is 2. The Hall–Kier alpha value is -1.77. The Morgan fingerprint density at radius 2 is 2.22 bits per heavy atom. The molecule has 2 N–H and O–H groups in total. The van der Waals surface area contributed by atoms with E-state index in [1.165, 1.54) is 12.8 Å². The second-order valence-corrected chi connectivity index (χ2v) is 5.23. The van der Waals surface area contributed by atoms with Gasteiger partial charge in [-0.1, -0.05) is 18.2 Å². The molecule has 1 heterocycles. The van der Waals surface area contributed by atoms with Gasteiger partial charge in [0.15, 0.2) is 0 Å². The second kappa shape index (κ2) is 4.48. The molecule has 0 spiro atoms. The van der Waals surface area contributed by atoms with Gasteiger partial charge in [-0.05, 0) is 37.3 Å². The molecule has 0 unspecified atom stereocenters. The number of carbonyl (C=O) groups is 1. The number of aromatic amines is 1. The van der Waals surface area contributed by atoms with E-state index in [2.05, 4.69) is 23.3 Å². The fourth-order valence-corrected chi connectivity index (χ4v) is 2.47. The van der Waals surface area contributed by atoms with Crippen molar-refractivity contribution in [1.82, 2.24) is 10.3 Å². The molecule has 1 fully saturated rings. The van der Waals surface area contributed by atoms with Gasteiger partial charge in [0, 0.05) is 23.1 Å². The second-order valence-electron chi connectivity index (χ2n) is 5.23. The summed E-state index contributed by atoms with van der Waals surface area (Å²) in [6, 6.07) is 8.41. The van der Waals surface area contributed by atoms with E-state index in [4.69, 9.17) is 0 Å². The first-order chi connectivity index (χ1) is 8.74. The van der Waals surface area contributed by atoms with Crippen LogP contribution in [0.4, 0.5) is 0 Å². The van der Waals surface area contributed by atoms with Crippen LogP contribution in [0.25, 0.3) is 10.9 Å². The van der Waals surface area contributed by atoms with Crippen LogP contribution in [0.5, 0.6) is 0 Å². The highest BCUT2D eigenvalue weighted by molar-refractivity contribution is 5.88. The van der Waals surface area contributed by atoms with Gasteiger partial charge in [0.2, 0.25) is 5.91 Å². The molecule has 1 atom stereocenters. The first-order valence-corrected chi connectivity index (χ1v) is 6.58. The SMILES string of the molecule is C[C@@H](NC(=O)Cc1c[nH]c2ccccc12)C1CC1. The Balaban J connectivity index is 1.69. The summed E-state index contributed by atoms with van der Waals surface area (Å²) in [5, 5.41) is 4.24. The number of amides is 1. The molecule has 18 heavy (non-hydrogen) atoms. The summed E-state index contributed by atoms with van der Waals surface area (Å²) in [5.74, 6) is 0.830. The third-order valence-electron chi connectivity index (χ3n) is 3.74. The Morgan fingerprint density at radius 3 is 3.00 bits per heavy atom. The number of carbonyl (C=O) groups excluding carboxylic acids is 1. The fraction of sp³-hybridized carbons (Fsp3) is 0.400. The van der Waals surface area contributed by atoms with Crippen molar-refractivity contribution in [3.8, 4) is 0 Å². The highest BCUT2D eigenvalue weighted by atomic mass is 16.1. The van der Waals surface area contributed by atoms with Crippen LogP contribution in [0.2, 0.25) is 0 Å². The van der Waals surface area contributed by atoms with Gasteiger partial charge >= 0.3 is 0 Å². The van der Waals surface area contributed by atoms with Crippen molar-refractivity contribution in [1.29, 1.82) is 0 Å². The Morgan fingerprint density at radius 1 is 1.44 bits per heavy atom. The van der Waals surface area contributed by atoms with Gasteiger partial charge < -0.3 is 10.3 Å². The van der Waals surface area contributed by atoms with Crippen LogP contribution in [0.1, 0.15) is 25.3 Å². The maximum atomic E-state index is 12.0. The molecule has 94 valence electrons. The first-order valence-electron chi connectivity index (χ1n) is 6.58. The summed E-state index contributed by atoms with van der Waals surface area (Å²) in [6.45, 7) is 2.10. The number of fused-ring (bicyclic) bond motifs is 1. The molecular weight excluding hydrogens is 224 g/mol. The van der Waals surface area contributed by atoms with Crippen LogP contribution in [-0.2, 0) is 11.2 Å². The highest BCUT2D eigenvalue weighted by Crippen LogP contribution is 2.32.